The Balaban J connectivity index is 1.58. The molecule has 1 aliphatic rings. The van der Waals surface area contributed by atoms with E-state index in [1.54, 1.807) is 11.3 Å². The molecule has 5 heteroatoms. The molecule has 0 N–H and O–H groups in total. The molecule has 0 aliphatic carbocycles. The number of thiophene rings is 2. The van der Waals surface area contributed by atoms with Crippen LogP contribution in [0.5, 0.6) is 0 Å². The standard InChI is InChI=1S/C15H17NOS3/c17-15(10-12-4-8-18-11-12)16-5-3-14(20-9-6-16)13-2-1-7-19-13/h1-2,4,7-8,11,14H,3,5-6,9-10H2/t14-/m0/s1. The molecule has 20 heavy (non-hydrogen) atoms. The number of amides is 1. The molecule has 0 spiro atoms. The molecule has 0 radical (unpaired) electrons. The highest BCUT2D eigenvalue weighted by Crippen LogP contribution is 2.36. The third-order valence-corrected chi connectivity index (χ3v) is 6.67. The minimum atomic E-state index is 0.274. The Bertz CT molecular complexity index is 535. The topological polar surface area (TPSA) is 20.3 Å². The minimum Gasteiger partial charge on any atom is -0.342 e. The number of carbonyl (C=O) groups excluding carboxylic acids is 1. The Morgan fingerprint density at radius 3 is 3.00 bits per heavy atom. The Morgan fingerprint density at radius 1 is 1.30 bits per heavy atom. The van der Waals surface area contributed by atoms with E-state index in [4.69, 9.17) is 0 Å². The number of hydrogen-bond acceptors (Lipinski definition) is 4. The van der Waals surface area contributed by atoms with Crippen molar-refractivity contribution < 1.29 is 4.79 Å². The van der Waals surface area contributed by atoms with Crippen LogP contribution in [0.2, 0.25) is 0 Å². The minimum absolute atomic E-state index is 0.274. The van der Waals surface area contributed by atoms with Crippen LogP contribution in [0.4, 0.5) is 0 Å². The Morgan fingerprint density at radius 2 is 2.25 bits per heavy atom. The van der Waals surface area contributed by atoms with Gasteiger partial charge in [-0.05, 0) is 40.3 Å². The van der Waals surface area contributed by atoms with Crippen LogP contribution >= 0.6 is 34.4 Å². The molecule has 106 valence electrons. The van der Waals surface area contributed by atoms with Crippen molar-refractivity contribution in [2.24, 2.45) is 0 Å². The van der Waals surface area contributed by atoms with E-state index in [9.17, 15) is 4.79 Å². The number of thioether (sulfide) groups is 1. The van der Waals surface area contributed by atoms with E-state index in [2.05, 4.69) is 22.9 Å². The van der Waals surface area contributed by atoms with Gasteiger partial charge in [0, 0.05) is 29.0 Å². The third-order valence-electron chi connectivity index (χ3n) is 3.49. The second kappa shape index (κ2) is 6.78. The average molecular weight is 324 g/mol. The van der Waals surface area contributed by atoms with Crippen LogP contribution in [0.1, 0.15) is 22.1 Å². The van der Waals surface area contributed by atoms with Crippen molar-refractivity contribution >= 4 is 40.3 Å². The molecule has 1 aliphatic heterocycles. The fraction of sp³-hybridized carbons (Fsp3) is 0.400. The molecule has 0 aromatic carbocycles. The largest absolute Gasteiger partial charge is 0.342 e. The molecule has 2 aromatic rings. The van der Waals surface area contributed by atoms with Gasteiger partial charge in [0.15, 0.2) is 0 Å². The van der Waals surface area contributed by atoms with Gasteiger partial charge in [0.2, 0.25) is 5.91 Å². The molecule has 3 rings (SSSR count). The van der Waals surface area contributed by atoms with Gasteiger partial charge in [0.25, 0.3) is 0 Å². The summed E-state index contributed by atoms with van der Waals surface area (Å²) in [5.41, 5.74) is 1.15. The molecule has 0 bridgehead atoms. The first-order valence-corrected chi connectivity index (χ1v) is 9.64. The van der Waals surface area contributed by atoms with Crippen molar-refractivity contribution in [2.45, 2.75) is 18.1 Å². The van der Waals surface area contributed by atoms with Gasteiger partial charge in [-0.25, -0.2) is 0 Å². The maximum atomic E-state index is 12.3. The normalized spacial score (nSPS) is 19.8. The summed E-state index contributed by atoms with van der Waals surface area (Å²) >= 11 is 5.48. The van der Waals surface area contributed by atoms with Crippen LogP contribution in [0.3, 0.4) is 0 Å². The van der Waals surface area contributed by atoms with Crippen molar-refractivity contribution in [3.05, 3.63) is 44.8 Å². The van der Waals surface area contributed by atoms with E-state index < -0.39 is 0 Å². The van der Waals surface area contributed by atoms with Crippen LogP contribution in [-0.2, 0) is 11.2 Å². The summed E-state index contributed by atoms with van der Waals surface area (Å²) in [7, 11) is 0. The van der Waals surface area contributed by atoms with E-state index in [-0.39, 0.29) is 5.91 Å². The summed E-state index contributed by atoms with van der Waals surface area (Å²) in [5.74, 6) is 1.31. The van der Waals surface area contributed by atoms with Crippen molar-refractivity contribution in [2.75, 3.05) is 18.8 Å². The van der Waals surface area contributed by atoms with E-state index in [0.717, 1.165) is 30.8 Å². The van der Waals surface area contributed by atoms with E-state index in [1.165, 1.54) is 4.88 Å². The van der Waals surface area contributed by atoms with Gasteiger partial charge in [0.05, 0.1) is 6.42 Å². The molecule has 1 atom stereocenters. The zero-order valence-corrected chi connectivity index (χ0v) is 13.6. The Labute approximate surface area is 131 Å². The second-order valence-corrected chi connectivity index (χ2v) is 7.92. The number of hydrogen-bond donors (Lipinski definition) is 0. The first-order valence-electron chi connectivity index (χ1n) is 6.77. The summed E-state index contributed by atoms with van der Waals surface area (Å²) in [6.45, 7) is 1.77. The predicted octanol–water partition coefficient (Wildman–Crippen LogP) is 4.06. The molecule has 2 aromatic heterocycles. The van der Waals surface area contributed by atoms with E-state index in [0.29, 0.717) is 11.7 Å². The molecular weight excluding hydrogens is 306 g/mol. The monoisotopic (exact) mass is 323 g/mol. The summed E-state index contributed by atoms with van der Waals surface area (Å²) < 4.78 is 0. The van der Waals surface area contributed by atoms with Crippen molar-refractivity contribution in [3.63, 3.8) is 0 Å². The van der Waals surface area contributed by atoms with E-state index in [1.807, 2.05) is 39.4 Å². The molecule has 1 amide bonds. The number of carbonyl (C=O) groups is 1. The lowest BCUT2D eigenvalue weighted by molar-refractivity contribution is -0.130. The van der Waals surface area contributed by atoms with Gasteiger partial charge in [0.1, 0.15) is 0 Å². The highest BCUT2D eigenvalue weighted by atomic mass is 32.2. The molecule has 0 unspecified atom stereocenters. The maximum Gasteiger partial charge on any atom is 0.227 e. The Kier molecular flexibility index (Phi) is 4.81. The average Bonchev–Trinajstić information content (AvgIpc) is 3.09. The number of rotatable bonds is 3. The highest BCUT2D eigenvalue weighted by Gasteiger charge is 2.22. The quantitative estimate of drug-likeness (QED) is 0.849. The third kappa shape index (κ3) is 3.45. The van der Waals surface area contributed by atoms with Crippen LogP contribution < -0.4 is 0 Å². The van der Waals surface area contributed by atoms with Gasteiger partial charge in [-0.3, -0.25) is 4.79 Å². The van der Waals surface area contributed by atoms with Crippen LogP contribution in [0.15, 0.2) is 34.3 Å². The van der Waals surface area contributed by atoms with Crippen LogP contribution in [-0.4, -0.2) is 29.6 Å². The smallest absolute Gasteiger partial charge is 0.227 e. The van der Waals surface area contributed by atoms with Gasteiger partial charge in [-0.15, -0.1) is 11.3 Å². The first kappa shape index (κ1) is 14.2. The molecular formula is C15H17NOS3. The molecule has 0 saturated carbocycles. The van der Waals surface area contributed by atoms with Gasteiger partial charge in [-0.2, -0.15) is 23.1 Å². The summed E-state index contributed by atoms with van der Waals surface area (Å²) in [5, 5.41) is 6.81. The molecule has 1 fully saturated rings. The molecule has 1 saturated heterocycles. The van der Waals surface area contributed by atoms with Crippen molar-refractivity contribution in [1.82, 2.24) is 4.90 Å². The SMILES string of the molecule is O=C(Cc1ccsc1)N1CCS[C@H](c2cccs2)CC1. The van der Waals surface area contributed by atoms with Crippen molar-refractivity contribution in [1.29, 1.82) is 0 Å². The van der Waals surface area contributed by atoms with Crippen LogP contribution in [0, 0.1) is 0 Å². The predicted molar refractivity (Wildman–Crippen MR) is 88.7 cm³/mol. The fourth-order valence-corrected chi connectivity index (χ4v) is 5.31. The Hall–Kier alpha value is -0.780. The zero-order valence-electron chi connectivity index (χ0n) is 11.2. The zero-order chi connectivity index (χ0) is 13.8. The lowest BCUT2D eigenvalue weighted by Gasteiger charge is -2.20. The second-order valence-electron chi connectivity index (χ2n) is 4.85. The maximum absolute atomic E-state index is 12.3. The fourth-order valence-electron chi connectivity index (χ4n) is 2.40. The summed E-state index contributed by atoms with van der Waals surface area (Å²) in [4.78, 5) is 15.8. The highest BCUT2D eigenvalue weighted by molar-refractivity contribution is 7.99. The lowest BCUT2D eigenvalue weighted by atomic mass is 10.2. The lowest BCUT2D eigenvalue weighted by Crippen LogP contribution is -2.34. The van der Waals surface area contributed by atoms with Crippen molar-refractivity contribution in [3.8, 4) is 0 Å². The van der Waals surface area contributed by atoms with Crippen LogP contribution in [0.25, 0.3) is 0 Å². The molecule has 3 heterocycles. The van der Waals surface area contributed by atoms with Gasteiger partial charge >= 0.3 is 0 Å². The molecule has 2 nitrogen and oxygen atoms in total. The summed E-state index contributed by atoms with van der Waals surface area (Å²) in [6.07, 6.45) is 1.62. The summed E-state index contributed by atoms with van der Waals surface area (Å²) in [6, 6.07) is 6.37. The first-order chi connectivity index (χ1) is 9.83. The number of nitrogens with zero attached hydrogens (tertiary/aromatic N) is 1. The van der Waals surface area contributed by atoms with Gasteiger partial charge < -0.3 is 4.90 Å². The van der Waals surface area contributed by atoms with Gasteiger partial charge in [-0.1, -0.05) is 6.07 Å². The van der Waals surface area contributed by atoms with E-state index >= 15 is 0 Å².